The number of nitrogens with one attached hydrogen (secondary N) is 4. The van der Waals surface area contributed by atoms with Crippen LogP contribution in [0.4, 0.5) is 18.4 Å². The van der Waals surface area contributed by atoms with Gasteiger partial charge in [-0.15, -0.1) is 0 Å². The maximum absolute atomic E-state index is 14.7. The van der Waals surface area contributed by atoms with Gasteiger partial charge in [0.15, 0.2) is 0 Å². The number of aromatic nitrogens is 4. The number of carbonyl (C=O) groups excluding carboxylic acids is 3. The van der Waals surface area contributed by atoms with Crippen LogP contribution < -0.4 is 10.6 Å². The topological polar surface area (TPSA) is 186 Å². The van der Waals surface area contributed by atoms with Crippen LogP contribution >= 0.6 is 0 Å². The summed E-state index contributed by atoms with van der Waals surface area (Å²) in [6, 6.07) is 12.4. The van der Waals surface area contributed by atoms with Crippen molar-refractivity contribution >= 4 is 24.0 Å². The van der Waals surface area contributed by atoms with Crippen LogP contribution in [0.1, 0.15) is 70.7 Å². The van der Waals surface area contributed by atoms with Gasteiger partial charge in [0.25, 0.3) is 5.92 Å². The largest absolute Gasteiger partial charge is 0.465 e. The molecule has 0 bridgehead atoms. The molecule has 2 aromatic carbocycles. The minimum atomic E-state index is -3.13. The molecular weight excluding hydrogens is 714 g/mol. The van der Waals surface area contributed by atoms with Crippen molar-refractivity contribution in [2.75, 3.05) is 20.2 Å². The van der Waals surface area contributed by atoms with Gasteiger partial charge in [-0.25, -0.2) is 28.3 Å². The summed E-state index contributed by atoms with van der Waals surface area (Å²) in [4.78, 5) is 68.3. The van der Waals surface area contributed by atoms with Gasteiger partial charge in [-0.2, -0.15) is 0 Å². The van der Waals surface area contributed by atoms with Gasteiger partial charge in [0, 0.05) is 13.0 Å². The highest BCUT2D eigenvalue weighted by Crippen LogP contribution is 2.41. The summed E-state index contributed by atoms with van der Waals surface area (Å²) in [5, 5.41) is 14.1. The van der Waals surface area contributed by atoms with E-state index < -0.39 is 55.1 Å². The van der Waals surface area contributed by atoms with E-state index in [9.17, 15) is 33.1 Å². The Bertz CT molecular complexity index is 2010. The number of methoxy groups -OCH3 is 1. The molecule has 14 nitrogen and oxygen atoms in total. The highest BCUT2D eigenvalue weighted by Gasteiger charge is 2.50. The molecular formula is C39H46F2N8O6. The summed E-state index contributed by atoms with van der Waals surface area (Å²) in [5.74, 6) is -3.73. The van der Waals surface area contributed by atoms with Crippen molar-refractivity contribution in [2.45, 2.75) is 77.0 Å². The molecule has 0 saturated carbocycles. The van der Waals surface area contributed by atoms with Gasteiger partial charge in [0.1, 0.15) is 23.7 Å². The number of rotatable bonds is 11. The highest BCUT2D eigenvalue weighted by molar-refractivity contribution is 5.87. The first-order valence-electron chi connectivity index (χ1n) is 18.3. The fourth-order valence-corrected chi connectivity index (χ4v) is 7.30. The number of amides is 4. The number of hydrogen-bond donors (Lipinski definition) is 5. The van der Waals surface area contributed by atoms with Crippen molar-refractivity contribution in [3.63, 3.8) is 0 Å². The number of hydrogen-bond acceptors (Lipinski definition) is 7. The van der Waals surface area contributed by atoms with E-state index in [0.29, 0.717) is 18.1 Å². The number of imidazole rings is 2. The van der Waals surface area contributed by atoms with Crippen LogP contribution in [0.2, 0.25) is 0 Å². The Labute approximate surface area is 317 Å². The Kier molecular flexibility index (Phi) is 11.2. The fourth-order valence-electron chi connectivity index (χ4n) is 7.30. The third-order valence-corrected chi connectivity index (χ3v) is 10.2. The summed E-state index contributed by atoms with van der Waals surface area (Å²) in [6.45, 7) is 6.78. The van der Waals surface area contributed by atoms with Crippen LogP contribution in [0.3, 0.4) is 0 Å². The van der Waals surface area contributed by atoms with Gasteiger partial charge in [-0.05, 0) is 46.9 Å². The smallest absolute Gasteiger partial charge is 0.407 e. The van der Waals surface area contributed by atoms with Crippen molar-refractivity contribution in [1.29, 1.82) is 0 Å². The first-order valence-corrected chi connectivity index (χ1v) is 18.3. The van der Waals surface area contributed by atoms with Gasteiger partial charge in [-0.1, -0.05) is 76.2 Å². The number of halogens is 2. The molecule has 4 heterocycles. The highest BCUT2D eigenvalue weighted by atomic mass is 19.3. The molecule has 2 fully saturated rings. The fraction of sp³-hybridized carbons (Fsp3) is 0.436. The van der Waals surface area contributed by atoms with Crippen molar-refractivity contribution in [3.8, 4) is 33.6 Å². The number of alkyl halides is 2. The zero-order chi connectivity index (χ0) is 39.6. The van der Waals surface area contributed by atoms with E-state index in [-0.39, 0.29) is 29.6 Å². The minimum absolute atomic E-state index is 0.210. The molecule has 4 atom stereocenters. The van der Waals surface area contributed by atoms with Gasteiger partial charge in [0.2, 0.25) is 11.8 Å². The number of ether oxygens (including phenoxy) is 1. The minimum Gasteiger partial charge on any atom is -0.465 e. The zero-order valence-electron chi connectivity index (χ0n) is 31.3. The van der Waals surface area contributed by atoms with E-state index in [1.54, 1.807) is 31.1 Å². The molecule has 2 saturated heterocycles. The number of nitrogens with zero attached hydrogens (tertiary/aromatic N) is 4. The standard InChI is InChI=1S/C39H46F2N8O6/c1-21(2)31(46-37(52)53)35(50)48-16-6-7-29(48)33-42-18-27(44-33)25-12-8-23(9-13-25)24-10-14-26(15-11-24)28-19-43-34(45-28)30-17-39(40,41)20-49(30)36(51)32(22(3)4)47-38(54)55-5/h8-15,18-19,21-22,29-32,46H,6-7,16-17,20H2,1-5H3,(H,42,44)(H,43,45)(H,47,54)(H,52,53)/t29-,30-,31-,32-/m0/s1. The van der Waals surface area contributed by atoms with E-state index in [0.717, 1.165) is 45.7 Å². The quantitative estimate of drug-likeness (QED) is 0.117. The molecule has 0 spiro atoms. The first kappa shape index (κ1) is 38.9. The number of carbonyl (C=O) groups is 4. The molecule has 0 unspecified atom stereocenters. The molecule has 4 aromatic rings. The monoisotopic (exact) mass is 760 g/mol. The van der Waals surface area contributed by atoms with E-state index in [1.807, 2.05) is 62.4 Å². The zero-order valence-corrected chi connectivity index (χ0v) is 31.3. The Morgan fingerprint density at radius 2 is 1.25 bits per heavy atom. The van der Waals surface area contributed by atoms with Crippen molar-refractivity contribution in [1.82, 2.24) is 40.4 Å². The second-order valence-corrected chi connectivity index (χ2v) is 14.8. The average molecular weight is 761 g/mol. The average Bonchev–Trinajstić information content (AvgIpc) is 3.98. The molecule has 4 amide bonds. The lowest BCUT2D eigenvalue weighted by Crippen LogP contribution is -2.51. The van der Waals surface area contributed by atoms with Crippen LogP contribution in [-0.4, -0.2) is 97.0 Å². The summed E-state index contributed by atoms with van der Waals surface area (Å²) >= 11 is 0. The van der Waals surface area contributed by atoms with Crippen molar-refractivity contribution < 1.29 is 37.8 Å². The predicted octanol–water partition coefficient (Wildman–Crippen LogP) is 6.38. The molecule has 6 rings (SSSR count). The first-order chi connectivity index (χ1) is 26.1. The van der Waals surface area contributed by atoms with E-state index in [2.05, 4.69) is 35.3 Å². The number of aromatic amines is 2. The lowest BCUT2D eigenvalue weighted by atomic mass is 10.0. The third-order valence-electron chi connectivity index (χ3n) is 10.2. The molecule has 292 valence electrons. The lowest BCUT2D eigenvalue weighted by Gasteiger charge is -2.29. The third kappa shape index (κ3) is 8.47. The van der Waals surface area contributed by atoms with Crippen LogP contribution in [0.15, 0.2) is 60.9 Å². The molecule has 2 aromatic heterocycles. The van der Waals surface area contributed by atoms with Crippen LogP contribution in [-0.2, 0) is 14.3 Å². The van der Waals surface area contributed by atoms with Gasteiger partial charge in [0.05, 0.1) is 49.5 Å². The Balaban J connectivity index is 1.13. The number of benzene rings is 2. The van der Waals surface area contributed by atoms with E-state index >= 15 is 0 Å². The number of H-pyrrole nitrogens is 2. The SMILES string of the molecule is COC(=O)N[C@H](C(=O)N1CC(F)(F)C[C@H]1c1ncc(-c2ccc(-c3ccc(-c4cnc([C@@H]5CCCN5C(=O)[C@@H](NC(=O)O)C(C)C)[nH]4)cc3)cc2)[nH]1)C(C)C. The normalized spacial score (nSPS) is 19.1. The van der Waals surface area contributed by atoms with Crippen LogP contribution in [0, 0.1) is 11.8 Å². The number of carboxylic acid groups (broad SMARTS) is 1. The summed E-state index contributed by atoms with van der Waals surface area (Å²) < 4.78 is 34.1. The summed E-state index contributed by atoms with van der Waals surface area (Å²) in [6.07, 6.45) is 2.13. The predicted molar refractivity (Wildman–Crippen MR) is 199 cm³/mol. The maximum Gasteiger partial charge on any atom is 0.407 e. The summed E-state index contributed by atoms with van der Waals surface area (Å²) in [5.41, 5.74) is 4.97. The van der Waals surface area contributed by atoms with E-state index in [4.69, 9.17) is 0 Å². The molecule has 16 heteroatoms. The van der Waals surface area contributed by atoms with Crippen molar-refractivity contribution in [3.05, 3.63) is 72.6 Å². The van der Waals surface area contributed by atoms with Gasteiger partial charge in [-0.3, -0.25) is 9.59 Å². The van der Waals surface area contributed by atoms with Gasteiger partial charge >= 0.3 is 12.2 Å². The van der Waals surface area contributed by atoms with Crippen molar-refractivity contribution in [2.24, 2.45) is 11.8 Å². The van der Waals surface area contributed by atoms with E-state index in [1.165, 1.54) is 7.11 Å². The maximum atomic E-state index is 14.7. The molecule has 2 aliphatic rings. The number of likely N-dealkylation sites (tertiary alicyclic amines) is 2. The summed E-state index contributed by atoms with van der Waals surface area (Å²) in [7, 11) is 1.17. The Morgan fingerprint density at radius 3 is 1.75 bits per heavy atom. The second kappa shape index (κ2) is 15.9. The van der Waals surface area contributed by atoms with Gasteiger partial charge < -0.3 is 40.2 Å². The molecule has 55 heavy (non-hydrogen) atoms. The Hall–Kier alpha value is -5.80. The Morgan fingerprint density at radius 1 is 0.782 bits per heavy atom. The molecule has 2 aliphatic heterocycles. The number of alkyl carbamates (subject to hydrolysis) is 1. The molecule has 5 N–H and O–H groups in total. The second-order valence-electron chi connectivity index (χ2n) is 14.8. The molecule has 0 aliphatic carbocycles. The van der Waals surface area contributed by atoms with Crippen LogP contribution in [0.25, 0.3) is 33.6 Å². The van der Waals surface area contributed by atoms with Crippen LogP contribution in [0.5, 0.6) is 0 Å². The molecule has 0 radical (unpaired) electrons. The lowest BCUT2D eigenvalue weighted by molar-refractivity contribution is -0.137.